The summed E-state index contributed by atoms with van der Waals surface area (Å²) in [6.07, 6.45) is 6.99. The van der Waals surface area contributed by atoms with E-state index >= 15 is 0 Å². The van der Waals surface area contributed by atoms with Crippen LogP contribution in [0.15, 0.2) is 67.1 Å². The Hall–Kier alpha value is -3.59. The van der Waals surface area contributed by atoms with Crippen LogP contribution in [0.25, 0.3) is 0 Å². The summed E-state index contributed by atoms with van der Waals surface area (Å²) in [6, 6.07) is 19.9. The Labute approximate surface area is 189 Å². The summed E-state index contributed by atoms with van der Waals surface area (Å²) >= 11 is 0. The summed E-state index contributed by atoms with van der Waals surface area (Å²) in [4.78, 5) is 21.9. The number of nitrogens with zero attached hydrogens (tertiary/aromatic N) is 5. The standard InChI is InChI=1S/C26H29N5O/c1-21(25-17-28-20-30(25)18-24-12-10-22(16-27)11-13-24)31(19-23-8-4-2-5-9-23)26(32)29-14-6-3-7-15-29/h2,4-5,8-13,17,20-21H,3,6-7,14-15,18-19H2,1H3. The number of piperidine rings is 1. The van der Waals surface area contributed by atoms with E-state index < -0.39 is 0 Å². The van der Waals surface area contributed by atoms with Crippen molar-refractivity contribution in [3.63, 3.8) is 0 Å². The first-order chi connectivity index (χ1) is 15.7. The number of aromatic nitrogens is 2. The van der Waals surface area contributed by atoms with Crippen LogP contribution in [-0.2, 0) is 13.1 Å². The van der Waals surface area contributed by atoms with Crippen molar-refractivity contribution in [3.05, 3.63) is 89.5 Å². The summed E-state index contributed by atoms with van der Waals surface area (Å²) in [7, 11) is 0. The molecular formula is C26H29N5O. The smallest absolute Gasteiger partial charge is 0.320 e. The Morgan fingerprint density at radius 3 is 2.47 bits per heavy atom. The molecule has 2 heterocycles. The Morgan fingerprint density at radius 1 is 1.06 bits per heavy atom. The third kappa shape index (κ3) is 5.00. The van der Waals surface area contributed by atoms with Crippen molar-refractivity contribution < 1.29 is 4.79 Å². The van der Waals surface area contributed by atoms with Gasteiger partial charge in [-0.1, -0.05) is 42.5 Å². The third-order valence-electron chi connectivity index (χ3n) is 6.14. The van der Waals surface area contributed by atoms with Crippen LogP contribution < -0.4 is 0 Å². The molecule has 0 aliphatic carbocycles. The molecule has 164 valence electrons. The predicted molar refractivity (Wildman–Crippen MR) is 124 cm³/mol. The maximum atomic E-state index is 13.6. The molecular weight excluding hydrogens is 398 g/mol. The number of nitriles is 1. The summed E-state index contributed by atoms with van der Waals surface area (Å²) in [5, 5.41) is 9.04. The molecule has 0 bridgehead atoms. The molecule has 1 aliphatic heterocycles. The summed E-state index contributed by atoms with van der Waals surface area (Å²) in [5.74, 6) is 0. The van der Waals surface area contributed by atoms with Crippen molar-refractivity contribution in [2.45, 2.75) is 45.3 Å². The molecule has 3 aromatic rings. The van der Waals surface area contributed by atoms with Crippen molar-refractivity contribution in [1.29, 1.82) is 5.26 Å². The maximum absolute atomic E-state index is 13.6. The number of benzene rings is 2. The minimum absolute atomic E-state index is 0.0900. The number of carbonyl (C=O) groups excluding carboxylic acids is 1. The lowest BCUT2D eigenvalue weighted by atomic mass is 10.1. The zero-order valence-corrected chi connectivity index (χ0v) is 18.5. The van der Waals surface area contributed by atoms with Crippen LogP contribution in [0.5, 0.6) is 0 Å². The quantitative estimate of drug-likeness (QED) is 0.558. The van der Waals surface area contributed by atoms with Gasteiger partial charge in [0.1, 0.15) is 0 Å². The van der Waals surface area contributed by atoms with Gasteiger partial charge in [0.2, 0.25) is 0 Å². The largest absolute Gasteiger partial charge is 0.328 e. The van der Waals surface area contributed by atoms with E-state index in [0.717, 1.165) is 42.8 Å². The molecule has 1 fully saturated rings. The molecule has 1 unspecified atom stereocenters. The van der Waals surface area contributed by atoms with E-state index in [4.69, 9.17) is 5.26 Å². The monoisotopic (exact) mass is 427 g/mol. The number of rotatable bonds is 6. The molecule has 6 nitrogen and oxygen atoms in total. The van der Waals surface area contributed by atoms with Crippen molar-refractivity contribution in [1.82, 2.24) is 19.4 Å². The van der Waals surface area contributed by atoms with Crippen LogP contribution in [0.4, 0.5) is 4.79 Å². The fraction of sp³-hybridized carbons (Fsp3) is 0.346. The highest BCUT2D eigenvalue weighted by molar-refractivity contribution is 5.75. The molecule has 0 N–H and O–H groups in total. The van der Waals surface area contributed by atoms with E-state index in [9.17, 15) is 4.79 Å². The fourth-order valence-corrected chi connectivity index (χ4v) is 4.27. The van der Waals surface area contributed by atoms with Gasteiger partial charge in [0.05, 0.1) is 35.9 Å². The molecule has 1 saturated heterocycles. The van der Waals surface area contributed by atoms with Gasteiger partial charge in [-0.05, 0) is 49.4 Å². The molecule has 0 spiro atoms. The topological polar surface area (TPSA) is 65.2 Å². The maximum Gasteiger partial charge on any atom is 0.320 e. The van der Waals surface area contributed by atoms with Gasteiger partial charge >= 0.3 is 6.03 Å². The number of likely N-dealkylation sites (tertiary alicyclic amines) is 1. The second-order valence-corrected chi connectivity index (χ2v) is 8.37. The Kier molecular flexibility index (Phi) is 6.86. The highest BCUT2D eigenvalue weighted by atomic mass is 16.2. The zero-order chi connectivity index (χ0) is 22.3. The average Bonchev–Trinajstić information content (AvgIpc) is 3.31. The van der Waals surface area contributed by atoms with E-state index in [1.807, 2.05) is 64.8 Å². The van der Waals surface area contributed by atoms with Gasteiger partial charge in [0.15, 0.2) is 0 Å². The van der Waals surface area contributed by atoms with E-state index in [1.54, 1.807) is 0 Å². The first-order valence-electron chi connectivity index (χ1n) is 11.2. The molecule has 2 amide bonds. The first-order valence-corrected chi connectivity index (χ1v) is 11.2. The van der Waals surface area contributed by atoms with E-state index in [1.165, 1.54) is 6.42 Å². The molecule has 6 heteroatoms. The van der Waals surface area contributed by atoms with Crippen molar-refractivity contribution in [2.24, 2.45) is 0 Å². The molecule has 2 aromatic carbocycles. The normalized spacial score (nSPS) is 14.6. The Balaban J connectivity index is 1.59. The number of hydrogen-bond acceptors (Lipinski definition) is 3. The minimum Gasteiger partial charge on any atom is -0.328 e. The van der Waals surface area contributed by atoms with Crippen molar-refractivity contribution in [2.75, 3.05) is 13.1 Å². The Bertz CT molecular complexity index is 1060. The van der Waals surface area contributed by atoms with Gasteiger partial charge in [0, 0.05) is 26.2 Å². The van der Waals surface area contributed by atoms with Crippen LogP contribution in [0.1, 0.15) is 54.6 Å². The molecule has 1 atom stereocenters. The Morgan fingerprint density at radius 2 is 1.78 bits per heavy atom. The molecule has 1 aliphatic rings. The van der Waals surface area contributed by atoms with Gasteiger partial charge in [0.25, 0.3) is 0 Å². The van der Waals surface area contributed by atoms with Gasteiger partial charge in [-0.3, -0.25) is 0 Å². The predicted octanol–water partition coefficient (Wildman–Crippen LogP) is 4.97. The zero-order valence-electron chi connectivity index (χ0n) is 18.5. The average molecular weight is 428 g/mol. The molecule has 0 saturated carbocycles. The van der Waals surface area contributed by atoms with Crippen LogP contribution in [-0.4, -0.2) is 38.5 Å². The lowest BCUT2D eigenvalue weighted by Crippen LogP contribution is -2.46. The molecule has 1 aromatic heterocycles. The van der Waals surface area contributed by atoms with E-state index in [-0.39, 0.29) is 12.1 Å². The van der Waals surface area contributed by atoms with Crippen molar-refractivity contribution in [3.8, 4) is 6.07 Å². The fourth-order valence-electron chi connectivity index (χ4n) is 4.27. The molecule has 0 radical (unpaired) electrons. The summed E-state index contributed by atoms with van der Waals surface area (Å²) < 4.78 is 2.09. The number of carbonyl (C=O) groups is 1. The second kappa shape index (κ2) is 10.1. The van der Waals surface area contributed by atoms with Crippen LogP contribution in [0.2, 0.25) is 0 Å². The van der Waals surface area contributed by atoms with Crippen LogP contribution in [0, 0.1) is 11.3 Å². The highest BCUT2D eigenvalue weighted by Gasteiger charge is 2.29. The lowest BCUT2D eigenvalue weighted by molar-refractivity contribution is 0.123. The van der Waals surface area contributed by atoms with Gasteiger partial charge in [-0.15, -0.1) is 0 Å². The minimum atomic E-state index is -0.134. The SMILES string of the molecule is CC(c1cncn1Cc1ccc(C#N)cc1)N(Cc1ccccc1)C(=O)N1CCCCC1. The van der Waals surface area contributed by atoms with Gasteiger partial charge < -0.3 is 14.4 Å². The van der Waals surface area contributed by atoms with Gasteiger partial charge in [-0.25, -0.2) is 9.78 Å². The number of urea groups is 1. The number of hydrogen-bond donors (Lipinski definition) is 0. The molecule has 4 rings (SSSR count). The third-order valence-corrected chi connectivity index (χ3v) is 6.14. The number of amides is 2. The first kappa shape index (κ1) is 21.6. The second-order valence-electron chi connectivity index (χ2n) is 8.37. The van der Waals surface area contributed by atoms with Gasteiger partial charge in [-0.2, -0.15) is 5.26 Å². The number of imidazole rings is 1. The lowest BCUT2D eigenvalue weighted by Gasteiger charge is -2.36. The van der Waals surface area contributed by atoms with E-state index in [0.29, 0.717) is 18.7 Å². The summed E-state index contributed by atoms with van der Waals surface area (Å²) in [5.41, 5.74) is 3.85. The van der Waals surface area contributed by atoms with Crippen molar-refractivity contribution >= 4 is 6.03 Å². The van der Waals surface area contributed by atoms with Crippen LogP contribution >= 0.6 is 0 Å². The van der Waals surface area contributed by atoms with E-state index in [2.05, 4.69) is 34.7 Å². The molecule has 32 heavy (non-hydrogen) atoms. The highest BCUT2D eigenvalue weighted by Crippen LogP contribution is 2.26. The summed E-state index contributed by atoms with van der Waals surface area (Å²) in [6.45, 7) is 4.92. The van der Waals surface area contributed by atoms with Crippen LogP contribution in [0.3, 0.4) is 0 Å².